The third-order valence-corrected chi connectivity index (χ3v) is 4.45. The maximum absolute atomic E-state index is 6.15. The maximum atomic E-state index is 6.15. The van der Waals surface area contributed by atoms with Crippen LogP contribution in [0.1, 0.15) is 32.0 Å². The fraction of sp³-hybridized carbons (Fsp3) is 0.357. The molecule has 2 rings (SSSR count). The fourth-order valence-electron chi connectivity index (χ4n) is 1.72. The Kier molecular flexibility index (Phi) is 5.66. The highest BCUT2D eigenvalue weighted by molar-refractivity contribution is 7.13. The van der Waals surface area contributed by atoms with Crippen molar-refractivity contribution in [2.24, 2.45) is 0 Å². The summed E-state index contributed by atoms with van der Waals surface area (Å²) in [5.74, 6) is 0. The predicted octanol–water partition coefficient (Wildman–Crippen LogP) is 5.25. The number of hydrogen-bond donors (Lipinski definition) is 2. The molecule has 1 aromatic carbocycles. The minimum absolute atomic E-state index is 0.247. The minimum atomic E-state index is 0.247. The summed E-state index contributed by atoms with van der Waals surface area (Å²) in [6.45, 7) is 5.25. The lowest BCUT2D eigenvalue weighted by molar-refractivity contribution is 0.561. The highest BCUT2D eigenvalue weighted by atomic mass is 35.5. The number of halogens is 2. The number of rotatable bonds is 6. The number of benzene rings is 1. The van der Waals surface area contributed by atoms with Gasteiger partial charge in [0.2, 0.25) is 0 Å². The van der Waals surface area contributed by atoms with Crippen LogP contribution in [-0.2, 0) is 0 Å². The molecule has 3 nitrogen and oxygen atoms in total. The van der Waals surface area contributed by atoms with Gasteiger partial charge in [0.1, 0.15) is 0 Å². The first-order valence-electron chi connectivity index (χ1n) is 6.51. The Morgan fingerprint density at radius 1 is 1.35 bits per heavy atom. The molecule has 0 saturated heterocycles. The molecule has 0 aliphatic rings. The van der Waals surface area contributed by atoms with Crippen LogP contribution in [0, 0.1) is 0 Å². The second-order valence-corrected chi connectivity index (χ2v) is 6.12. The van der Waals surface area contributed by atoms with E-state index in [2.05, 4.69) is 29.5 Å². The van der Waals surface area contributed by atoms with Crippen LogP contribution >= 0.6 is 34.5 Å². The molecule has 0 amide bonds. The maximum Gasteiger partial charge on any atom is 0.187 e. The SMILES string of the molecule is CCCNC(C)c1csc(Nc2cccc(Cl)c2Cl)n1. The van der Waals surface area contributed by atoms with Gasteiger partial charge >= 0.3 is 0 Å². The van der Waals surface area contributed by atoms with Gasteiger partial charge in [0.15, 0.2) is 5.13 Å². The molecule has 6 heteroatoms. The van der Waals surface area contributed by atoms with Crippen molar-refractivity contribution in [1.29, 1.82) is 0 Å². The molecule has 108 valence electrons. The Bertz CT molecular complexity index is 571. The van der Waals surface area contributed by atoms with Crippen molar-refractivity contribution in [3.05, 3.63) is 39.3 Å². The van der Waals surface area contributed by atoms with Gasteiger partial charge in [0, 0.05) is 11.4 Å². The van der Waals surface area contributed by atoms with Crippen molar-refractivity contribution in [1.82, 2.24) is 10.3 Å². The molecule has 20 heavy (non-hydrogen) atoms. The van der Waals surface area contributed by atoms with Crippen molar-refractivity contribution in [3.8, 4) is 0 Å². The standard InChI is InChI=1S/C14H17Cl2N3S/c1-3-7-17-9(2)12-8-20-14(19-12)18-11-6-4-5-10(15)13(11)16/h4-6,8-9,17H,3,7H2,1-2H3,(H,18,19). The molecule has 1 atom stereocenters. The third-order valence-electron chi connectivity index (χ3n) is 2.86. The Labute approximate surface area is 133 Å². The Morgan fingerprint density at radius 2 is 2.15 bits per heavy atom. The van der Waals surface area contributed by atoms with E-state index in [9.17, 15) is 0 Å². The zero-order valence-corrected chi connectivity index (χ0v) is 13.7. The predicted molar refractivity (Wildman–Crippen MR) is 88.6 cm³/mol. The number of nitrogens with zero attached hydrogens (tertiary/aromatic N) is 1. The Hall–Kier alpha value is -0.810. The van der Waals surface area contributed by atoms with Gasteiger partial charge < -0.3 is 10.6 Å². The number of hydrogen-bond acceptors (Lipinski definition) is 4. The third kappa shape index (κ3) is 3.85. The molecule has 1 unspecified atom stereocenters. The number of thiazole rings is 1. The van der Waals surface area contributed by atoms with Gasteiger partial charge in [0.05, 0.1) is 21.4 Å². The van der Waals surface area contributed by atoms with E-state index in [1.165, 1.54) is 0 Å². The summed E-state index contributed by atoms with van der Waals surface area (Å²) in [7, 11) is 0. The second-order valence-electron chi connectivity index (χ2n) is 4.48. The largest absolute Gasteiger partial charge is 0.330 e. The summed E-state index contributed by atoms with van der Waals surface area (Å²) in [5, 5.41) is 10.5. The summed E-state index contributed by atoms with van der Waals surface area (Å²) in [4.78, 5) is 4.57. The molecular weight excluding hydrogens is 313 g/mol. The summed E-state index contributed by atoms with van der Waals surface area (Å²) < 4.78 is 0. The molecule has 0 aliphatic carbocycles. The van der Waals surface area contributed by atoms with Crippen LogP contribution in [0.3, 0.4) is 0 Å². The van der Waals surface area contributed by atoms with E-state index in [0.717, 1.165) is 29.5 Å². The molecule has 1 aromatic heterocycles. The summed E-state index contributed by atoms with van der Waals surface area (Å²) >= 11 is 13.7. The van der Waals surface area contributed by atoms with Crippen molar-refractivity contribution >= 4 is 45.4 Å². The summed E-state index contributed by atoms with van der Waals surface area (Å²) in [6, 6.07) is 5.75. The molecule has 0 radical (unpaired) electrons. The molecule has 0 aliphatic heterocycles. The molecule has 0 saturated carbocycles. The van der Waals surface area contributed by atoms with Gasteiger partial charge in [-0.05, 0) is 32.0 Å². The highest BCUT2D eigenvalue weighted by Gasteiger charge is 2.11. The molecule has 1 heterocycles. The van der Waals surface area contributed by atoms with E-state index in [0.29, 0.717) is 10.0 Å². The van der Waals surface area contributed by atoms with Gasteiger partial charge in [0.25, 0.3) is 0 Å². The number of anilines is 2. The monoisotopic (exact) mass is 329 g/mol. The van der Waals surface area contributed by atoms with E-state index in [1.807, 2.05) is 17.5 Å². The van der Waals surface area contributed by atoms with E-state index in [1.54, 1.807) is 17.4 Å². The summed E-state index contributed by atoms with van der Waals surface area (Å²) in [5.41, 5.74) is 1.80. The lowest BCUT2D eigenvalue weighted by Crippen LogP contribution is -2.19. The smallest absolute Gasteiger partial charge is 0.187 e. The molecule has 2 N–H and O–H groups in total. The van der Waals surface area contributed by atoms with Crippen LogP contribution < -0.4 is 10.6 Å². The van der Waals surface area contributed by atoms with E-state index < -0.39 is 0 Å². The van der Waals surface area contributed by atoms with E-state index >= 15 is 0 Å². The first-order valence-corrected chi connectivity index (χ1v) is 8.15. The Balaban J connectivity index is 2.07. The van der Waals surface area contributed by atoms with Crippen molar-refractivity contribution in [2.75, 3.05) is 11.9 Å². The average molecular weight is 330 g/mol. The Morgan fingerprint density at radius 3 is 2.90 bits per heavy atom. The zero-order valence-electron chi connectivity index (χ0n) is 11.4. The minimum Gasteiger partial charge on any atom is -0.330 e. The van der Waals surface area contributed by atoms with Gasteiger partial charge in [-0.3, -0.25) is 0 Å². The fourth-order valence-corrected chi connectivity index (χ4v) is 2.89. The van der Waals surface area contributed by atoms with Crippen molar-refractivity contribution < 1.29 is 0 Å². The molecule has 0 spiro atoms. The van der Waals surface area contributed by atoms with Crippen LogP contribution in [0.15, 0.2) is 23.6 Å². The van der Waals surface area contributed by atoms with Crippen LogP contribution in [0.25, 0.3) is 0 Å². The van der Waals surface area contributed by atoms with Crippen LogP contribution in [-0.4, -0.2) is 11.5 Å². The second kappa shape index (κ2) is 7.27. The highest BCUT2D eigenvalue weighted by Crippen LogP contribution is 2.33. The summed E-state index contributed by atoms with van der Waals surface area (Å²) in [6.07, 6.45) is 1.11. The lowest BCUT2D eigenvalue weighted by Gasteiger charge is -2.10. The number of nitrogens with one attached hydrogen (secondary N) is 2. The lowest BCUT2D eigenvalue weighted by atomic mass is 10.2. The molecule has 2 aromatic rings. The quantitative estimate of drug-likeness (QED) is 0.759. The van der Waals surface area contributed by atoms with E-state index in [4.69, 9.17) is 23.2 Å². The first kappa shape index (κ1) is 15.6. The molecular formula is C14H17Cl2N3S. The van der Waals surface area contributed by atoms with E-state index in [-0.39, 0.29) is 6.04 Å². The topological polar surface area (TPSA) is 37.0 Å². The van der Waals surface area contributed by atoms with Crippen LogP contribution in [0.4, 0.5) is 10.8 Å². The average Bonchev–Trinajstić information content (AvgIpc) is 2.90. The van der Waals surface area contributed by atoms with Crippen LogP contribution in [0.5, 0.6) is 0 Å². The zero-order chi connectivity index (χ0) is 14.5. The van der Waals surface area contributed by atoms with Crippen LogP contribution in [0.2, 0.25) is 10.0 Å². The molecule has 0 bridgehead atoms. The van der Waals surface area contributed by atoms with Crippen molar-refractivity contribution in [2.45, 2.75) is 26.3 Å². The molecule has 0 fully saturated rings. The number of aromatic nitrogens is 1. The van der Waals surface area contributed by atoms with Gasteiger partial charge in [-0.25, -0.2) is 4.98 Å². The van der Waals surface area contributed by atoms with Crippen molar-refractivity contribution in [3.63, 3.8) is 0 Å². The normalized spacial score (nSPS) is 12.4. The van der Waals surface area contributed by atoms with Gasteiger partial charge in [-0.2, -0.15) is 0 Å². The first-order chi connectivity index (χ1) is 9.61. The van der Waals surface area contributed by atoms with Gasteiger partial charge in [-0.1, -0.05) is 36.2 Å². The van der Waals surface area contributed by atoms with Gasteiger partial charge in [-0.15, -0.1) is 11.3 Å².